The zero-order valence-electron chi connectivity index (χ0n) is 10.5. The Hall–Kier alpha value is 0.354. The first kappa shape index (κ1) is 12.4. The van der Waals surface area contributed by atoms with Crippen molar-refractivity contribution < 1.29 is 4.74 Å². The summed E-state index contributed by atoms with van der Waals surface area (Å²) in [6, 6.07) is 0. The van der Waals surface area contributed by atoms with Crippen molar-refractivity contribution in [2.75, 3.05) is 6.61 Å². The maximum atomic E-state index is 6.54. The van der Waals surface area contributed by atoms with Crippen molar-refractivity contribution in [3.05, 3.63) is 0 Å². The van der Waals surface area contributed by atoms with Crippen LogP contribution >= 0.6 is 0 Å². The smallest absolute Gasteiger partial charge is 0.102 e. The van der Waals surface area contributed by atoms with Gasteiger partial charge in [-0.3, -0.25) is 0 Å². The molecule has 0 aromatic carbocycles. The van der Waals surface area contributed by atoms with E-state index in [0.29, 0.717) is 5.54 Å². The van der Waals surface area contributed by atoms with Crippen molar-refractivity contribution in [2.45, 2.75) is 56.6 Å². The zero-order chi connectivity index (χ0) is 11.2. The monoisotopic (exact) mass is 231 g/mol. The largest absolute Gasteiger partial charge is 0.364 e. The molecule has 1 heterocycles. The molecule has 0 spiro atoms. The SMILES string of the molecule is C[Si](C)(C)C1CCOC1(N)[Si](C)(C)C. The average Bonchev–Trinajstić information content (AvgIpc) is 2.28. The molecule has 2 atom stereocenters. The van der Waals surface area contributed by atoms with Gasteiger partial charge in [-0.1, -0.05) is 39.3 Å². The van der Waals surface area contributed by atoms with Gasteiger partial charge < -0.3 is 10.5 Å². The van der Waals surface area contributed by atoms with Crippen molar-refractivity contribution in [2.24, 2.45) is 5.73 Å². The van der Waals surface area contributed by atoms with E-state index in [1.807, 2.05) is 0 Å². The minimum absolute atomic E-state index is 0.266. The molecule has 1 aliphatic heterocycles. The topological polar surface area (TPSA) is 35.2 Å². The molecule has 14 heavy (non-hydrogen) atoms. The maximum absolute atomic E-state index is 6.54. The molecule has 0 aliphatic carbocycles. The van der Waals surface area contributed by atoms with Gasteiger partial charge in [-0.2, -0.15) is 0 Å². The quantitative estimate of drug-likeness (QED) is 0.742. The van der Waals surface area contributed by atoms with Crippen molar-refractivity contribution in [3.8, 4) is 0 Å². The van der Waals surface area contributed by atoms with Crippen LogP contribution in [0.4, 0.5) is 0 Å². The van der Waals surface area contributed by atoms with Crippen LogP contribution in [-0.2, 0) is 4.74 Å². The average molecular weight is 231 g/mol. The van der Waals surface area contributed by atoms with E-state index >= 15 is 0 Å². The highest BCUT2D eigenvalue weighted by molar-refractivity contribution is 6.84. The minimum Gasteiger partial charge on any atom is -0.364 e. The number of rotatable bonds is 2. The van der Waals surface area contributed by atoms with Crippen LogP contribution in [0.25, 0.3) is 0 Å². The van der Waals surface area contributed by atoms with Crippen molar-refractivity contribution in [1.29, 1.82) is 0 Å². The third kappa shape index (κ3) is 1.98. The Morgan fingerprint density at radius 3 is 1.93 bits per heavy atom. The molecule has 0 aromatic rings. The Balaban J connectivity index is 2.99. The van der Waals surface area contributed by atoms with E-state index in [1.54, 1.807) is 0 Å². The van der Waals surface area contributed by atoms with Crippen molar-refractivity contribution in [1.82, 2.24) is 0 Å². The second kappa shape index (κ2) is 3.44. The molecule has 0 aromatic heterocycles. The Kier molecular flexibility index (Phi) is 3.05. The zero-order valence-corrected chi connectivity index (χ0v) is 12.5. The normalized spacial score (nSPS) is 34.9. The van der Waals surface area contributed by atoms with E-state index in [4.69, 9.17) is 10.5 Å². The highest BCUT2D eigenvalue weighted by Crippen LogP contribution is 2.45. The van der Waals surface area contributed by atoms with E-state index in [1.165, 1.54) is 6.42 Å². The van der Waals surface area contributed by atoms with E-state index in [-0.39, 0.29) is 5.35 Å². The molecule has 84 valence electrons. The predicted molar refractivity (Wildman–Crippen MR) is 67.9 cm³/mol. The van der Waals surface area contributed by atoms with Crippen LogP contribution in [-0.4, -0.2) is 28.1 Å². The summed E-state index contributed by atoms with van der Waals surface area (Å²) in [5.41, 5.74) is 7.18. The Bertz CT molecular complexity index is 219. The van der Waals surface area contributed by atoms with Crippen LogP contribution in [0.5, 0.6) is 0 Å². The highest BCUT2D eigenvalue weighted by Gasteiger charge is 2.54. The molecule has 0 radical (unpaired) electrons. The van der Waals surface area contributed by atoms with Gasteiger partial charge in [0.15, 0.2) is 0 Å². The number of nitrogens with two attached hydrogens (primary N) is 1. The van der Waals surface area contributed by atoms with Gasteiger partial charge in [-0.15, -0.1) is 0 Å². The van der Waals surface area contributed by atoms with E-state index in [0.717, 1.165) is 6.61 Å². The Labute approximate surface area is 90.2 Å². The highest BCUT2D eigenvalue weighted by atomic mass is 28.3. The summed E-state index contributed by atoms with van der Waals surface area (Å²) in [5.74, 6) is 0. The molecule has 2 nitrogen and oxygen atoms in total. The first-order chi connectivity index (χ1) is 6.09. The lowest BCUT2D eigenvalue weighted by atomic mass is 10.3. The van der Waals surface area contributed by atoms with Gasteiger partial charge in [0, 0.05) is 6.61 Å². The molecule has 0 saturated carbocycles. The summed E-state index contributed by atoms with van der Waals surface area (Å²) in [5, 5.41) is -0.266. The summed E-state index contributed by atoms with van der Waals surface area (Å²) in [6.45, 7) is 15.1. The summed E-state index contributed by atoms with van der Waals surface area (Å²) in [6.07, 6.45) is 1.18. The Morgan fingerprint density at radius 2 is 1.64 bits per heavy atom. The second-order valence-corrected chi connectivity index (χ2v) is 17.3. The maximum Gasteiger partial charge on any atom is 0.102 e. The van der Waals surface area contributed by atoms with E-state index in [9.17, 15) is 0 Å². The lowest BCUT2D eigenvalue weighted by Gasteiger charge is -2.45. The van der Waals surface area contributed by atoms with Crippen LogP contribution < -0.4 is 5.73 Å². The van der Waals surface area contributed by atoms with Crippen molar-refractivity contribution >= 4 is 16.1 Å². The first-order valence-electron chi connectivity index (χ1n) is 5.52. The molecule has 1 fully saturated rings. The van der Waals surface area contributed by atoms with Gasteiger partial charge in [0.25, 0.3) is 0 Å². The molecule has 0 amide bonds. The standard InChI is InChI=1S/C10H25NOSi2/c1-13(2,3)9-7-8-12-10(9,11)14(4,5)6/h9H,7-8,11H2,1-6H3. The molecule has 1 aliphatic rings. The van der Waals surface area contributed by atoms with Gasteiger partial charge in [-0.25, -0.2) is 0 Å². The van der Waals surface area contributed by atoms with Crippen LogP contribution in [0, 0.1) is 0 Å². The molecule has 4 heteroatoms. The molecular formula is C10H25NOSi2. The fourth-order valence-electron chi connectivity index (χ4n) is 2.48. The van der Waals surface area contributed by atoms with Gasteiger partial charge in [0.1, 0.15) is 13.4 Å². The summed E-state index contributed by atoms with van der Waals surface area (Å²) >= 11 is 0. The Morgan fingerprint density at radius 1 is 1.14 bits per heavy atom. The lowest BCUT2D eigenvalue weighted by Crippen LogP contribution is -2.64. The van der Waals surface area contributed by atoms with Gasteiger partial charge >= 0.3 is 0 Å². The molecule has 2 N–H and O–H groups in total. The van der Waals surface area contributed by atoms with E-state index in [2.05, 4.69) is 39.3 Å². The van der Waals surface area contributed by atoms with Gasteiger partial charge in [0.2, 0.25) is 0 Å². The first-order valence-corrected chi connectivity index (χ1v) is 12.6. The fraction of sp³-hybridized carbons (Fsp3) is 1.00. The summed E-state index contributed by atoms with van der Waals surface area (Å²) in [4.78, 5) is 0. The number of ether oxygens (including phenoxy) is 1. The lowest BCUT2D eigenvalue weighted by molar-refractivity contribution is 0.0692. The second-order valence-electron chi connectivity index (χ2n) is 6.60. The third-order valence-electron chi connectivity index (χ3n) is 3.48. The predicted octanol–water partition coefficient (Wildman–Crippen LogP) is 2.65. The number of hydrogen-bond acceptors (Lipinski definition) is 2. The molecule has 2 unspecified atom stereocenters. The van der Waals surface area contributed by atoms with E-state index < -0.39 is 16.1 Å². The van der Waals surface area contributed by atoms with Crippen LogP contribution in [0.15, 0.2) is 0 Å². The van der Waals surface area contributed by atoms with Crippen LogP contribution in [0.3, 0.4) is 0 Å². The molecule has 1 rings (SSSR count). The van der Waals surface area contributed by atoms with Gasteiger partial charge in [-0.05, 0) is 12.0 Å². The van der Waals surface area contributed by atoms with Crippen LogP contribution in [0.2, 0.25) is 44.8 Å². The number of hydrogen-bond donors (Lipinski definition) is 1. The van der Waals surface area contributed by atoms with Crippen molar-refractivity contribution in [3.63, 3.8) is 0 Å². The van der Waals surface area contributed by atoms with Crippen LogP contribution in [0.1, 0.15) is 6.42 Å². The summed E-state index contributed by atoms with van der Waals surface area (Å²) < 4.78 is 5.92. The third-order valence-corrected chi connectivity index (χ3v) is 9.42. The molecule has 1 saturated heterocycles. The summed E-state index contributed by atoms with van der Waals surface area (Å²) in [7, 11) is -2.62. The molecular weight excluding hydrogens is 206 g/mol. The van der Waals surface area contributed by atoms with Gasteiger partial charge in [0.05, 0.1) is 8.07 Å². The molecule has 0 bridgehead atoms. The fourth-order valence-corrected chi connectivity index (χ4v) is 9.15. The minimum atomic E-state index is -1.43.